The number of hydrogen-bond acceptors (Lipinski definition) is 1. The van der Waals surface area contributed by atoms with Crippen LogP contribution in [0.25, 0.3) is 56.0 Å². The smallest absolute Gasteiger partial charge is 0.145 e. The van der Waals surface area contributed by atoms with E-state index in [-0.39, 0.29) is 5.41 Å². The van der Waals surface area contributed by atoms with E-state index in [1.54, 1.807) is 0 Å². The number of aromatic nitrogens is 3. The van der Waals surface area contributed by atoms with Crippen LogP contribution < -0.4 is 0 Å². The van der Waals surface area contributed by atoms with Gasteiger partial charge < -0.3 is 4.57 Å². The molecule has 1 aliphatic rings. The maximum absolute atomic E-state index is 5.13. The number of para-hydroxylation sites is 4. The highest BCUT2D eigenvalue weighted by Gasteiger charge is 2.40. The molecule has 7 aromatic rings. The lowest BCUT2D eigenvalue weighted by atomic mass is 9.81. The van der Waals surface area contributed by atoms with E-state index in [1.165, 1.54) is 33.3 Å². The normalized spacial score (nSPS) is 13.6. The fourth-order valence-corrected chi connectivity index (χ4v) is 6.61. The van der Waals surface area contributed by atoms with Crippen LogP contribution in [-0.2, 0) is 5.41 Å². The zero-order valence-corrected chi connectivity index (χ0v) is 22.0. The van der Waals surface area contributed by atoms with Gasteiger partial charge in [-0.2, -0.15) is 0 Å². The van der Waals surface area contributed by atoms with Crippen molar-refractivity contribution in [1.29, 1.82) is 0 Å². The molecule has 2 heterocycles. The van der Waals surface area contributed by atoms with Crippen molar-refractivity contribution in [2.45, 2.75) is 19.3 Å². The third-order valence-corrected chi connectivity index (χ3v) is 8.29. The van der Waals surface area contributed by atoms with Crippen LogP contribution in [-0.4, -0.2) is 14.1 Å². The predicted octanol–water partition coefficient (Wildman–Crippen LogP) is 8.94. The van der Waals surface area contributed by atoms with E-state index in [9.17, 15) is 0 Å². The Balaban J connectivity index is 1.41. The lowest BCUT2D eigenvalue weighted by Gasteiger charge is -2.21. The van der Waals surface area contributed by atoms with Gasteiger partial charge >= 0.3 is 0 Å². The number of fused-ring (bicyclic) bond motifs is 6. The summed E-state index contributed by atoms with van der Waals surface area (Å²) in [6.45, 7) is 4.71. The van der Waals surface area contributed by atoms with E-state index >= 15 is 0 Å². The molecule has 39 heavy (non-hydrogen) atoms. The zero-order chi connectivity index (χ0) is 26.1. The van der Waals surface area contributed by atoms with E-state index < -0.39 is 0 Å². The maximum Gasteiger partial charge on any atom is 0.145 e. The van der Waals surface area contributed by atoms with Crippen molar-refractivity contribution in [1.82, 2.24) is 14.1 Å². The van der Waals surface area contributed by atoms with Crippen molar-refractivity contribution in [2.24, 2.45) is 0 Å². The summed E-state index contributed by atoms with van der Waals surface area (Å²) in [6.07, 6.45) is 0. The van der Waals surface area contributed by atoms with Gasteiger partial charge in [0.2, 0.25) is 0 Å². The molecule has 3 nitrogen and oxygen atoms in total. The molecular weight excluding hydrogens is 474 g/mol. The number of imidazole rings is 1. The van der Waals surface area contributed by atoms with Gasteiger partial charge in [0.05, 0.1) is 22.2 Å². The number of nitrogens with zero attached hydrogens (tertiary/aromatic N) is 3. The summed E-state index contributed by atoms with van der Waals surface area (Å²) in [5.41, 5.74) is 12.0. The third-order valence-electron chi connectivity index (χ3n) is 8.29. The Kier molecular flexibility index (Phi) is 4.57. The summed E-state index contributed by atoms with van der Waals surface area (Å²) in [4.78, 5) is 5.13. The summed E-state index contributed by atoms with van der Waals surface area (Å²) < 4.78 is 4.72. The number of hydrogen-bond donors (Lipinski definition) is 0. The zero-order valence-electron chi connectivity index (χ0n) is 22.0. The molecule has 0 bridgehead atoms. The molecule has 0 radical (unpaired) electrons. The quantitative estimate of drug-likeness (QED) is 0.237. The predicted molar refractivity (Wildman–Crippen MR) is 161 cm³/mol. The average molecular weight is 502 g/mol. The highest BCUT2D eigenvalue weighted by atomic mass is 15.1. The summed E-state index contributed by atoms with van der Waals surface area (Å²) in [6, 6.07) is 45.4. The molecule has 186 valence electrons. The van der Waals surface area contributed by atoms with Crippen LogP contribution in [0.2, 0.25) is 0 Å². The van der Waals surface area contributed by atoms with Gasteiger partial charge in [0.25, 0.3) is 0 Å². The molecule has 0 fully saturated rings. The van der Waals surface area contributed by atoms with E-state index in [2.05, 4.69) is 150 Å². The minimum absolute atomic E-state index is 0.0737. The summed E-state index contributed by atoms with van der Waals surface area (Å²) in [5.74, 6) is 0.943. The van der Waals surface area contributed by atoms with Gasteiger partial charge in [-0.15, -0.1) is 0 Å². The monoisotopic (exact) mass is 501 g/mol. The molecular formula is C36H27N3. The molecule has 0 saturated heterocycles. The first-order valence-corrected chi connectivity index (χ1v) is 13.5. The van der Waals surface area contributed by atoms with E-state index in [4.69, 9.17) is 4.98 Å². The molecule has 0 saturated carbocycles. The Morgan fingerprint density at radius 2 is 1.28 bits per heavy atom. The molecule has 5 aromatic carbocycles. The van der Waals surface area contributed by atoms with Gasteiger partial charge in [0.15, 0.2) is 0 Å². The van der Waals surface area contributed by atoms with Crippen LogP contribution in [0, 0.1) is 0 Å². The molecule has 0 unspecified atom stereocenters. The van der Waals surface area contributed by atoms with Crippen molar-refractivity contribution in [2.75, 3.05) is 0 Å². The van der Waals surface area contributed by atoms with Gasteiger partial charge in [0.1, 0.15) is 5.82 Å². The molecule has 0 atom stereocenters. The van der Waals surface area contributed by atoms with Crippen molar-refractivity contribution in [3.05, 3.63) is 139 Å². The largest absolute Gasteiger partial charge is 0.309 e. The lowest BCUT2D eigenvalue weighted by molar-refractivity contribution is 0.666. The van der Waals surface area contributed by atoms with Crippen LogP contribution in [0.4, 0.5) is 0 Å². The molecule has 0 spiro atoms. The van der Waals surface area contributed by atoms with Crippen LogP contribution in [0.15, 0.2) is 127 Å². The van der Waals surface area contributed by atoms with Crippen LogP contribution >= 0.6 is 0 Å². The van der Waals surface area contributed by atoms with Crippen molar-refractivity contribution in [3.8, 4) is 34.0 Å². The Morgan fingerprint density at radius 3 is 2.15 bits per heavy atom. The lowest BCUT2D eigenvalue weighted by Crippen LogP contribution is -2.14. The highest BCUT2D eigenvalue weighted by molar-refractivity contribution is 5.99. The highest BCUT2D eigenvalue weighted by Crippen LogP contribution is 2.53. The Hall–Kier alpha value is -4.89. The van der Waals surface area contributed by atoms with Gasteiger partial charge in [0, 0.05) is 33.3 Å². The van der Waals surface area contributed by atoms with Gasteiger partial charge in [-0.25, -0.2) is 4.98 Å². The molecule has 8 rings (SSSR count). The minimum Gasteiger partial charge on any atom is -0.309 e. The Labute approximate surface area is 227 Å². The fourth-order valence-electron chi connectivity index (χ4n) is 6.61. The molecule has 3 heteroatoms. The third kappa shape index (κ3) is 3.07. The fraction of sp³-hybridized carbons (Fsp3) is 0.0833. The average Bonchev–Trinajstić information content (AvgIpc) is 3.61. The summed E-state index contributed by atoms with van der Waals surface area (Å²) in [5, 5.41) is 1.32. The Bertz CT molecular complexity index is 2040. The second kappa shape index (κ2) is 8.05. The molecule has 2 aromatic heterocycles. The first-order chi connectivity index (χ1) is 19.1. The van der Waals surface area contributed by atoms with Gasteiger partial charge in [-0.1, -0.05) is 98.8 Å². The van der Waals surface area contributed by atoms with Crippen molar-refractivity contribution < 1.29 is 0 Å². The SMILES string of the molecule is CC1(C)c2ccccc2-c2c1c1ccccc1n2-c1cccc(-c2nc3ccccc3n2-c2ccccc2)c1. The van der Waals surface area contributed by atoms with E-state index in [0.29, 0.717) is 0 Å². The van der Waals surface area contributed by atoms with E-state index in [1.807, 2.05) is 0 Å². The summed E-state index contributed by atoms with van der Waals surface area (Å²) >= 11 is 0. The van der Waals surface area contributed by atoms with Crippen LogP contribution in [0.5, 0.6) is 0 Å². The first kappa shape index (κ1) is 22.1. The number of benzene rings is 5. The van der Waals surface area contributed by atoms with Crippen LogP contribution in [0.1, 0.15) is 25.0 Å². The standard InChI is InChI=1S/C36H27N3/c1-36(2)29-19-8-6-17-27(29)34-33(36)28-18-7-10-21-31(28)38(34)26-16-12-13-24(23-26)35-37-30-20-9-11-22-32(30)39(35)25-14-4-3-5-15-25/h3-23H,1-2H3. The maximum atomic E-state index is 5.13. The summed E-state index contributed by atoms with van der Waals surface area (Å²) in [7, 11) is 0. The Morgan fingerprint density at radius 1 is 0.590 bits per heavy atom. The van der Waals surface area contributed by atoms with Crippen molar-refractivity contribution >= 4 is 21.9 Å². The van der Waals surface area contributed by atoms with Crippen LogP contribution in [0.3, 0.4) is 0 Å². The molecule has 0 amide bonds. The van der Waals surface area contributed by atoms with E-state index in [0.717, 1.165) is 33.8 Å². The van der Waals surface area contributed by atoms with Crippen molar-refractivity contribution in [3.63, 3.8) is 0 Å². The topological polar surface area (TPSA) is 22.8 Å². The second-order valence-electron chi connectivity index (χ2n) is 10.9. The first-order valence-electron chi connectivity index (χ1n) is 13.5. The molecule has 1 aliphatic carbocycles. The minimum atomic E-state index is -0.0737. The molecule has 0 N–H and O–H groups in total. The van der Waals surface area contributed by atoms with Gasteiger partial charge in [-0.05, 0) is 53.6 Å². The molecule has 0 aliphatic heterocycles. The second-order valence-corrected chi connectivity index (χ2v) is 10.9. The number of rotatable bonds is 3. The van der Waals surface area contributed by atoms with Gasteiger partial charge in [-0.3, -0.25) is 4.57 Å².